The summed E-state index contributed by atoms with van der Waals surface area (Å²) >= 11 is 3.51. The third kappa shape index (κ3) is 2.68. The van der Waals surface area contributed by atoms with Gasteiger partial charge in [0.1, 0.15) is 5.75 Å². The molecule has 0 amide bonds. The number of rotatable bonds is 4. The minimum Gasteiger partial charge on any atom is -0.495 e. The van der Waals surface area contributed by atoms with Crippen molar-refractivity contribution in [3.05, 3.63) is 35.1 Å². The number of benzene rings is 1. The standard InChI is InChI=1S/C15H18BrN3O/c1-20-14-7-6-11(16)10-13(14)19-9-8-17-15(19)18-12-4-2-3-5-12/h6-10,12H,2-5H2,1H3,(H,17,18). The Balaban J connectivity index is 1.94. The molecule has 1 N–H and O–H groups in total. The van der Waals surface area contributed by atoms with Gasteiger partial charge < -0.3 is 10.1 Å². The maximum absolute atomic E-state index is 5.45. The number of halogens is 1. The van der Waals surface area contributed by atoms with Crippen LogP contribution in [-0.4, -0.2) is 22.7 Å². The van der Waals surface area contributed by atoms with Gasteiger partial charge in [0, 0.05) is 22.9 Å². The number of hydrogen-bond acceptors (Lipinski definition) is 3. The molecule has 0 unspecified atom stereocenters. The van der Waals surface area contributed by atoms with Crippen molar-refractivity contribution in [1.82, 2.24) is 9.55 Å². The van der Waals surface area contributed by atoms with Crippen molar-refractivity contribution in [2.24, 2.45) is 0 Å². The number of nitrogens with zero attached hydrogens (tertiary/aromatic N) is 2. The first-order valence-electron chi connectivity index (χ1n) is 6.92. The van der Waals surface area contributed by atoms with Gasteiger partial charge in [0.25, 0.3) is 0 Å². The number of nitrogens with one attached hydrogen (secondary N) is 1. The molecule has 0 aliphatic heterocycles. The van der Waals surface area contributed by atoms with Gasteiger partial charge in [0.05, 0.1) is 12.8 Å². The first kappa shape index (κ1) is 13.5. The van der Waals surface area contributed by atoms with Crippen molar-refractivity contribution in [2.75, 3.05) is 12.4 Å². The highest BCUT2D eigenvalue weighted by Crippen LogP contribution is 2.30. The molecule has 106 valence electrons. The van der Waals surface area contributed by atoms with Crippen LogP contribution in [0.15, 0.2) is 35.1 Å². The number of hydrogen-bond donors (Lipinski definition) is 1. The summed E-state index contributed by atoms with van der Waals surface area (Å²) in [5.41, 5.74) is 0.986. The van der Waals surface area contributed by atoms with Crippen LogP contribution in [0, 0.1) is 0 Å². The number of methoxy groups -OCH3 is 1. The molecule has 0 bridgehead atoms. The average Bonchev–Trinajstić information content (AvgIpc) is 3.11. The first-order valence-corrected chi connectivity index (χ1v) is 7.71. The van der Waals surface area contributed by atoms with Crippen LogP contribution in [0.4, 0.5) is 5.95 Å². The van der Waals surface area contributed by atoms with E-state index in [0.717, 1.165) is 21.9 Å². The zero-order valence-electron chi connectivity index (χ0n) is 11.5. The van der Waals surface area contributed by atoms with Gasteiger partial charge in [-0.1, -0.05) is 28.8 Å². The summed E-state index contributed by atoms with van der Waals surface area (Å²) in [6.07, 6.45) is 8.83. The summed E-state index contributed by atoms with van der Waals surface area (Å²) in [6.45, 7) is 0. The lowest BCUT2D eigenvalue weighted by atomic mass is 10.2. The fourth-order valence-electron chi connectivity index (χ4n) is 2.71. The van der Waals surface area contributed by atoms with Gasteiger partial charge in [-0.05, 0) is 31.0 Å². The van der Waals surface area contributed by atoms with Gasteiger partial charge in [-0.15, -0.1) is 0 Å². The molecular formula is C15H18BrN3O. The molecule has 1 aliphatic carbocycles. The maximum atomic E-state index is 5.45. The van der Waals surface area contributed by atoms with Crippen LogP contribution < -0.4 is 10.1 Å². The molecule has 3 rings (SSSR count). The molecule has 1 fully saturated rings. The molecule has 0 saturated heterocycles. The summed E-state index contributed by atoms with van der Waals surface area (Å²) in [4.78, 5) is 4.44. The smallest absolute Gasteiger partial charge is 0.207 e. The lowest BCUT2D eigenvalue weighted by Gasteiger charge is -2.16. The van der Waals surface area contributed by atoms with Crippen LogP contribution in [0.2, 0.25) is 0 Å². The summed E-state index contributed by atoms with van der Waals surface area (Å²) in [5, 5.41) is 3.54. The van der Waals surface area contributed by atoms with Crippen molar-refractivity contribution in [3.63, 3.8) is 0 Å². The average molecular weight is 336 g/mol. The Morgan fingerprint density at radius 1 is 1.35 bits per heavy atom. The zero-order valence-corrected chi connectivity index (χ0v) is 13.1. The van der Waals surface area contributed by atoms with Gasteiger partial charge in [-0.3, -0.25) is 4.57 Å². The topological polar surface area (TPSA) is 39.1 Å². The van der Waals surface area contributed by atoms with E-state index in [9.17, 15) is 0 Å². The van der Waals surface area contributed by atoms with Crippen LogP contribution in [-0.2, 0) is 0 Å². The largest absolute Gasteiger partial charge is 0.495 e. The Kier molecular flexibility index (Phi) is 3.96. The van der Waals surface area contributed by atoms with Gasteiger partial charge in [-0.25, -0.2) is 4.98 Å². The first-order chi connectivity index (χ1) is 9.78. The molecule has 2 aromatic rings. The van der Waals surface area contributed by atoms with E-state index in [1.54, 1.807) is 7.11 Å². The molecule has 0 radical (unpaired) electrons. The molecule has 1 aromatic heterocycles. The molecule has 1 saturated carbocycles. The Bertz CT molecular complexity index is 591. The molecule has 1 aliphatic rings. The highest BCUT2D eigenvalue weighted by molar-refractivity contribution is 9.10. The predicted octanol–water partition coefficient (Wildman–Crippen LogP) is 4.00. The van der Waals surface area contributed by atoms with Crippen molar-refractivity contribution in [3.8, 4) is 11.4 Å². The van der Waals surface area contributed by atoms with Crippen molar-refractivity contribution in [1.29, 1.82) is 0 Å². The minimum atomic E-state index is 0.536. The van der Waals surface area contributed by atoms with E-state index in [0.29, 0.717) is 6.04 Å². The third-order valence-electron chi connectivity index (χ3n) is 3.73. The van der Waals surface area contributed by atoms with Crippen LogP contribution in [0.5, 0.6) is 5.75 Å². The Morgan fingerprint density at radius 2 is 2.15 bits per heavy atom. The van der Waals surface area contributed by atoms with E-state index in [4.69, 9.17) is 4.74 Å². The SMILES string of the molecule is COc1ccc(Br)cc1-n1ccnc1NC1CCCC1. The van der Waals surface area contributed by atoms with E-state index in [1.165, 1.54) is 25.7 Å². The third-order valence-corrected chi connectivity index (χ3v) is 4.22. The Hall–Kier alpha value is -1.49. The molecule has 1 heterocycles. The quantitative estimate of drug-likeness (QED) is 0.917. The predicted molar refractivity (Wildman–Crippen MR) is 83.7 cm³/mol. The fraction of sp³-hybridized carbons (Fsp3) is 0.400. The maximum Gasteiger partial charge on any atom is 0.207 e. The molecule has 0 atom stereocenters. The van der Waals surface area contributed by atoms with E-state index in [-0.39, 0.29) is 0 Å². The van der Waals surface area contributed by atoms with Gasteiger partial charge in [-0.2, -0.15) is 0 Å². The second kappa shape index (κ2) is 5.87. The highest BCUT2D eigenvalue weighted by atomic mass is 79.9. The molecule has 4 nitrogen and oxygen atoms in total. The molecule has 5 heteroatoms. The van der Waals surface area contributed by atoms with E-state index in [1.807, 2.05) is 35.2 Å². The summed E-state index contributed by atoms with van der Waals surface area (Å²) in [5.74, 6) is 1.72. The van der Waals surface area contributed by atoms with Crippen LogP contribution in [0.3, 0.4) is 0 Å². The highest BCUT2D eigenvalue weighted by Gasteiger charge is 2.18. The fourth-order valence-corrected chi connectivity index (χ4v) is 3.06. The number of imidazole rings is 1. The number of anilines is 1. The Labute approximate surface area is 127 Å². The molecule has 0 spiro atoms. The number of aromatic nitrogens is 2. The lowest BCUT2D eigenvalue weighted by molar-refractivity contribution is 0.413. The van der Waals surface area contributed by atoms with E-state index in [2.05, 4.69) is 26.2 Å². The number of ether oxygens (including phenoxy) is 1. The van der Waals surface area contributed by atoms with E-state index < -0.39 is 0 Å². The summed E-state index contributed by atoms with van der Waals surface area (Å²) in [6, 6.07) is 6.51. The van der Waals surface area contributed by atoms with Gasteiger partial charge in [0.15, 0.2) is 0 Å². The Morgan fingerprint density at radius 3 is 2.90 bits per heavy atom. The van der Waals surface area contributed by atoms with Gasteiger partial charge in [0.2, 0.25) is 5.95 Å². The molecule has 1 aromatic carbocycles. The molecule has 20 heavy (non-hydrogen) atoms. The lowest BCUT2D eigenvalue weighted by Crippen LogP contribution is -2.17. The summed E-state index contributed by atoms with van der Waals surface area (Å²) in [7, 11) is 1.69. The van der Waals surface area contributed by atoms with Crippen molar-refractivity contribution in [2.45, 2.75) is 31.7 Å². The van der Waals surface area contributed by atoms with Crippen LogP contribution >= 0.6 is 15.9 Å². The minimum absolute atomic E-state index is 0.536. The second-order valence-electron chi connectivity index (χ2n) is 5.06. The zero-order chi connectivity index (χ0) is 13.9. The van der Waals surface area contributed by atoms with E-state index >= 15 is 0 Å². The molecular weight excluding hydrogens is 318 g/mol. The van der Waals surface area contributed by atoms with Crippen LogP contribution in [0.1, 0.15) is 25.7 Å². The van der Waals surface area contributed by atoms with Crippen molar-refractivity contribution < 1.29 is 4.74 Å². The van der Waals surface area contributed by atoms with Gasteiger partial charge >= 0.3 is 0 Å². The van der Waals surface area contributed by atoms with Crippen LogP contribution in [0.25, 0.3) is 5.69 Å². The summed E-state index contributed by atoms with van der Waals surface area (Å²) < 4.78 is 8.52. The monoisotopic (exact) mass is 335 g/mol. The van der Waals surface area contributed by atoms with Crippen molar-refractivity contribution >= 4 is 21.9 Å². The second-order valence-corrected chi connectivity index (χ2v) is 5.98. The normalized spacial score (nSPS) is 15.5.